The van der Waals surface area contributed by atoms with E-state index in [1.54, 1.807) is 0 Å². The van der Waals surface area contributed by atoms with Crippen LogP contribution >= 0.6 is 24.0 Å². The highest BCUT2D eigenvalue weighted by Gasteiger charge is 2.18. The third-order valence-corrected chi connectivity index (χ3v) is 3.49. The molecule has 1 fully saturated rings. The summed E-state index contributed by atoms with van der Waals surface area (Å²) in [6.07, 6.45) is 2.54. The zero-order valence-electron chi connectivity index (χ0n) is 13.8. The van der Waals surface area contributed by atoms with Crippen LogP contribution in [0.5, 0.6) is 0 Å². The minimum atomic E-state index is 0. The monoisotopic (exact) mass is 410 g/mol. The van der Waals surface area contributed by atoms with Gasteiger partial charge in [-0.05, 0) is 25.7 Å². The molecule has 1 aliphatic rings. The van der Waals surface area contributed by atoms with Gasteiger partial charge in [-0.15, -0.1) is 24.0 Å². The molecule has 1 unspecified atom stereocenters. The van der Waals surface area contributed by atoms with Gasteiger partial charge in [-0.1, -0.05) is 20.8 Å². The quantitative estimate of drug-likeness (QED) is 0.316. The van der Waals surface area contributed by atoms with Crippen molar-refractivity contribution >= 4 is 35.8 Å². The van der Waals surface area contributed by atoms with Crippen molar-refractivity contribution < 1.29 is 4.79 Å². The number of likely N-dealkylation sites (tertiary alicyclic amines) is 1. The first-order valence-electron chi connectivity index (χ1n) is 7.85. The standard InChI is InChI=1S/C15H30N4O.HI/c1-5-16-15(19-10-6-7-13(4)11-19)18-9-8-17-14(20)12(2)3;/h12-13H,5-11H2,1-4H3,(H,16,18)(H,17,20);1H. The van der Waals surface area contributed by atoms with E-state index < -0.39 is 0 Å². The van der Waals surface area contributed by atoms with Gasteiger partial charge in [-0.25, -0.2) is 0 Å². The lowest BCUT2D eigenvalue weighted by Gasteiger charge is -2.33. The summed E-state index contributed by atoms with van der Waals surface area (Å²) in [4.78, 5) is 18.4. The van der Waals surface area contributed by atoms with Crippen LogP contribution in [0.25, 0.3) is 0 Å². The second-order valence-electron chi connectivity index (χ2n) is 5.87. The lowest BCUT2D eigenvalue weighted by molar-refractivity contribution is -0.123. The maximum atomic E-state index is 11.5. The highest BCUT2D eigenvalue weighted by Crippen LogP contribution is 2.15. The second-order valence-corrected chi connectivity index (χ2v) is 5.87. The predicted octanol–water partition coefficient (Wildman–Crippen LogP) is 2.07. The van der Waals surface area contributed by atoms with Gasteiger partial charge in [0.05, 0.1) is 6.54 Å². The molecule has 1 aliphatic heterocycles. The number of carbonyl (C=O) groups is 1. The summed E-state index contributed by atoms with van der Waals surface area (Å²) in [5, 5.41) is 6.25. The van der Waals surface area contributed by atoms with Crippen LogP contribution in [0.1, 0.15) is 40.5 Å². The molecule has 1 heterocycles. The van der Waals surface area contributed by atoms with Gasteiger partial charge >= 0.3 is 0 Å². The van der Waals surface area contributed by atoms with Crippen molar-refractivity contribution in [2.24, 2.45) is 16.8 Å². The first kappa shape index (κ1) is 20.5. The average molecular weight is 410 g/mol. The Hall–Kier alpha value is -0.530. The maximum absolute atomic E-state index is 11.5. The topological polar surface area (TPSA) is 56.7 Å². The number of hydrogen-bond donors (Lipinski definition) is 2. The van der Waals surface area contributed by atoms with Crippen LogP contribution in [0, 0.1) is 11.8 Å². The first-order valence-corrected chi connectivity index (χ1v) is 7.85. The fourth-order valence-electron chi connectivity index (χ4n) is 2.35. The number of piperidine rings is 1. The van der Waals surface area contributed by atoms with Gasteiger partial charge in [0.15, 0.2) is 5.96 Å². The largest absolute Gasteiger partial charge is 0.357 e. The molecule has 0 aromatic rings. The number of guanidine groups is 1. The Labute approximate surface area is 146 Å². The van der Waals surface area contributed by atoms with Crippen LogP contribution < -0.4 is 10.6 Å². The van der Waals surface area contributed by atoms with Crippen LogP contribution in [0.4, 0.5) is 0 Å². The number of hydrogen-bond acceptors (Lipinski definition) is 2. The number of amides is 1. The van der Waals surface area contributed by atoms with E-state index in [9.17, 15) is 4.79 Å². The summed E-state index contributed by atoms with van der Waals surface area (Å²) in [7, 11) is 0. The smallest absolute Gasteiger partial charge is 0.222 e. The Morgan fingerprint density at radius 1 is 1.38 bits per heavy atom. The van der Waals surface area contributed by atoms with Gasteiger partial charge in [0.1, 0.15) is 0 Å². The summed E-state index contributed by atoms with van der Waals surface area (Å²) >= 11 is 0. The van der Waals surface area contributed by atoms with Crippen LogP contribution in [0.2, 0.25) is 0 Å². The van der Waals surface area contributed by atoms with Gasteiger partial charge in [-0.2, -0.15) is 0 Å². The Morgan fingerprint density at radius 2 is 2.10 bits per heavy atom. The molecule has 124 valence electrons. The molecule has 0 spiro atoms. The van der Waals surface area contributed by atoms with E-state index in [2.05, 4.69) is 34.4 Å². The van der Waals surface area contributed by atoms with E-state index >= 15 is 0 Å². The van der Waals surface area contributed by atoms with Gasteiger partial charge in [0, 0.05) is 32.1 Å². The zero-order chi connectivity index (χ0) is 15.0. The third kappa shape index (κ3) is 7.87. The molecular weight excluding hydrogens is 379 g/mol. The van der Waals surface area contributed by atoms with Gasteiger partial charge < -0.3 is 15.5 Å². The SMILES string of the molecule is CCNC(=NCCNC(=O)C(C)C)N1CCCC(C)C1.I. The first-order chi connectivity index (χ1) is 9.54. The molecule has 1 atom stereocenters. The molecule has 0 saturated carbocycles. The Bertz CT molecular complexity index is 334. The molecule has 0 aliphatic carbocycles. The molecule has 0 aromatic carbocycles. The minimum Gasteiger partial charge on any atom is -0.357 e. The highest BCUT2D eigenvalue weighted by atomic mass is 127. The van der Waals surface area contributed by atoms with Crippen molar-refractivity contribution in [1.82, 2.24) is 15.5 Å². The van der Waals surface area contributed by atoms with E-state index in [1.165, 1.54) is 12.8 Å². The van der Waals surface area contributed by atoms with E-state index in [0.717, 1.165) is 31.5 Å². The average Bonchev–Trinajstić information content (AvgIpc) is 2.41. The fraction of sp³-hybridized carbons (Fsp3) is 0.867. The van der Waals surface area contributed by atoms with E-state index in [0.29, 0.717) is 13.1 Å². The van der Waals surface area contributed by atoms with Crippen LogP contribution in [-0.4, -0.2) is 49.5 Å². The van der Waals surface area contributed by atoms with Crippen molar-refractivity contribution in [2.75, 3.05) is 32.7 Å². The van der Waals surface area contributed by atoms with E-state index in [-0.39, 0.29) is 35.8 Å². The maximum Gasteiger partial charge on any atom is 0.222 e. The minimum absolute atomic E-state index is 0. The fourth-order valence-corrected chi connectivity index (χ4v) is 2.35. The molecule has 21 heavy (non-hydrogen) atoms. The summed E-state index contributed by atoms with van der Waals surface area (Å²) in [6, 6.07) is 0. The third-order valence-electron chi connectivity index (χ3n) is 3.49. The molecule has 0 aromatic heterocycles. The molecular formula is C15H31IN4O. The van der Waals surface area contributed by atoms with E-state index in [4.69, 9.17) is 0 Å². The zero-order valence-corrected chi connectivity index (χ0v) is 16.1. The number of carbonyl (C=O) groups excluding carboxylic acids is 1. The summed E-state index contributed by atoms with van der Waals surface area (Å²) in [5.41, 5.74) is 0. The highest BCUT2D eigenvalue weighted by molar-refractivity contribution is 14.0. The summed E-state index contributed by atoms with van der Waals surface area (Å²) < 4.78 is 0. The Morgan fingerprint density at radius 3 is 2.67 bits per heavy atom. The number of nitrogens with one attached hydrogen (secondary N) is 2. The van der Waals surface area contributed by atoms with Gasteiger partial charge in [-0.3, -0.25) is 9.79 Å². The van der Waals surface area contributed by atoms with Crippen LogP contribution in [-0.2, 0) is 4.79 Å². The molecule has 6 heteroatoms. The van der Waals surface area contributed by atoms with Crippen molar-refractivity contribution in [1.29, 1.82) is 0 Å². The number of rotatable bonds is 5. The molecule has 5 nitrogen and oxygen atoms in total. The number of halogens is 1. The molecule has 1 rings (SSSR count). The van der Waals surface area contributed by atoms with Crippen LogP contribution in [0.3, 0.4) is 0 Å². The number of nitrogens with zero attached hydrogens (tertiary/aromatic N) is 2. The lowest BCUT2D eigenvalue weighted by Crippen LogP contribution is -2.46. The van der Waals surface area contributed by atoms with Gasteiger partial charge in [0.25, 0.3) is 0 Å². The van der Waals surface area contributed by atoms with Crippen molar-refractivity contribution in [3.05, 3.63) is 0 Å². The van der Waals surface area contributed by atoms with Crippen molar-refractivity contribution in [2.45, 2.75) is 40.5 Å². The number of aliphatic imine (C=N–C) groups is 1. The molecule has 1 saturated heterocycles. The molecule has 1 amide bonds. The van der Waals surface area contributed by atoms with Gasteiger partial charge in [0.2, 0.25) is 5.91 Å². The summed E-state index contributed by atoms with van der Waals surface area (Å²) in [6.45, 7) is 12.4. The lowest BCUT2D eigenvalue weighted by atomic mass is 10.0. The van der Waals surface area contributed by atoms with Crippen molar-refractivity contribution in [3.63, 3.8) is 0 Å². The second kappa shape index (κ2) is 11.1. The summed E-state index contributed by atoms with van der Waals surface area (Å²) in [5.74, 6) is 1.85. The molecule has 2 N–H and O–H groups in total. The molecule has 0 radical (unpaired) electrons. The molecule has 0 bridgehead atoms. The van der Waals surface area contributed by atoms with Crippen LogP contribution in [0.15, 0.2) is 4.99 Å². The predicted molar refractivity (Wildman–Crippen MR) is 99.2 cm³/mol. The normalized spacial score (nSPS) is 19.2. The van der Waals surface area contributed by atoms with E-state index in [1.807, 2.05) is 13.8 Å². The van der Waals surface area contributed by atoms with Crippen molar-refractivity contribution in [3.8, 4) is 0 Å². The Kier molecular flexibility index (Phi) is 10.8. The Balaban J connectivity index is 0.00000400.